The standard InChI is InChI=1S/C16H23N3S2/c1-2-18-9-11-19(12-10-18)8-5-13-20-16-17-14-6-3-4-7-15(14)21-16/h3-4,6-7H,2,5,8-13H2,1H3. The highest BCUT2D eigenvalue weighted by Gasteiger charge is 2.14. The zero-order valence-electron chi connectivity index (χ0n) is 12.6. The number of nitrogens with zero attached hydrogens (tertiary/aromatic N) is 3. The second-order valence-corrected chi connectivity index (χ2v) is 7.80. The summed E-state index contributed by atoms with van der Waals surface area (Å²) >= 11 is 3.73. The monoisotopic (exact) mass is 321 g/mol. The number of thioether (sulfide) groups is 1. The zero-order valence-corrected chi connectivity index (χ0v) is 14.3. The Labute approximate surface area is 135 Å². The van der Waals surface area contributed by atoms with Crippen LogP contribution in [-0.2, 0) is 0 Å². The highest BCUT2D eigenvalue weighted by atomic mass is 32.2. The number of rotatable bonds is 6. The Morgan fingerprint density at radius 3 is 2.67 bits per heavy atom. The fourth-order valence-electron chi connectivity index (χ4n) is 2.69. The van der Waals surface area contributed by atoms with Crippen LogP contribution >= 0.6 is 23.1 Å². The third kappa shape index (κ3) is 4.19. The van der Waals surface area contributed by atoms with E-state index in [9.17, 15) is 0 Å². The summed E-state index contributed by atoms with van der Waals surface area (Å²) in [6, 6.07) is 8.41. The van der Waals surface area contributed by atoms with Gasteiger partial charge in [-0.15, -0.1) is 11.3 Å². The number of hydrogen-bond acceptors (Lipinski definition) is 5. The lowest BCUT2D eigenvalue weighted by Gasteiger charge is -2.33. The minimum Gasteiger partial charge on any atom is -0.301 e. The maximum Gasteiger partial charge on any atom is 0.151 e. The third-order valence-electron chi connectivity index (χ3n) is 4.03. The van der Waals surface area contributed by atoms with E-state index in [0.29, 0.717) is 0 Å². The number of fused-ring (bicyclic) bond motifs is 1. The predicted octanol–water partition coefficient (Wildman–Crippen LogP) is 3.42. The van der Waals surface area contributed by atoms with Crippen molar-refractivity contribution in [3.8, 4) is 0 Å². The van der Waals surface area contributed by atoms with E-state index >= 15 is 0 Å². The van der Waals surface area contributed by atoms with Gasteiger partial charge in [-0.1, -0.05) is 30.8 Å². The van der Waals surface area contributed by atoms with E-state index in [1.54, 1.807) is 0 Å². The lowest BCUT2D eigenvalue weighted by Crippen LogP contribution is -2.46. The van der Waals surface area contributed by atoms with E-state index in [1.165, 1.54) is 60.5 Å². The summed E-state index contributed by atoms with van der Waals surface area (Å²) in [4.78, 5) is 9.82. The maximum atomic E-state index is 4.68. The van der Waals surface area contributed by atoms with Gasteiger partial charge in [-0.2, -0.15) is 0 Å². The molecule has 1 aliphatic heterocycles. The molecule has 1 aromatic heterocycles. The van der Waals surface area contributed by atoms with Gasteiger partial charge >= 0.3 is 0 Å². The summed E-state index contributed by atoms with van der Waals surface area (Å²) < 4.78 is 2.52. The smallest absolute Gasteiger partial charge is 0.151 e. The number of hydrogen-bond donors (Lipinski definition) is 0. The van der Waals surface area contributed by atoms with Crippen molar-refractivity contribution >= 4 is 33.3 Å². The average Bonchev–Trinajstić information content (AvgIpc) is 2.95. The van der Waals surface area contributed by atoms with Crippen LogP contribution in [0.1, 0.15) is 13.3 Å². The molecule has 3 nitrogen and oxygen atoms in total. The number of aromatic nitrogens is 1. The zero-order chi connectivity index (χ0) is 14.5. The third-order valence-corrected chi connectivity index (χ3v) is 6.30. The Kier molecular flexibility index (Phi) is 5.52. The molecule has 0 unspecified atom stereocenters. The number of piperazine rings is 1. The van der Waals surface area contributed by atoms with Crippen molar-refractivity contribution in [3.63, 3.8) is 0 Å². The SMILES string of the molecule is CCN1CCN(CCCSc2nc3ccccc3s2)CC1. The molecule has 1 aliphatic rings. The van der Waals surface area contributed by atoms with Crippen molar-refractivity contribution in [2.45, 2.75) is 17.7 Å². The highest BCUT2D eigenvalue weighted by Crippen LogP contribution is 2.29. The van der Waals surface area contributed by atoms with E-state index in [1.807, 2.05) is 23.1 Å². The average molecular weight is 322 g/mol. The molecule has 2 heterocycles. The van der Waals surface area contributed by atoms with Gasteiger partial charge in [0.05, 0.1) is 10.2 Å². The van der Waals surface area contributed by atoms with Crippen molar-refractivity contribution in [1.29, 1.82) is 0 Å². The number of thiazole rings is 1. The van der Waals surface area contributed by atoms with Crippen molar-refractivity contribution < 1.29 is 0 Å². The van der Waals surface area contributed by atoms with Crippen molar-refractivity contribution in [2.24, 2.45) is 0 Å². The molecule has 0 bridgehead atoms. The van der Waals surface area contributed by atoms with Crippen LogP contribution < -0.4 is 0 Å². The minimum absolute atomic E-state index is 1.14. The van der Waals surface area contributed by atoms with Crippen LogP contribution in [0.3, 0.4) is 0 Å². The van der Waals surface area contributed by atoms with Crippen LogP contribution in [0, 0.1) is 0 Å². The Morgan fingerprint density at radius 2 is 1.90 bits per heavy atom. The van der Waals surface area contributed by atoms with E-state index in [-0.39, 0.29) is 0 Å². The summed E-state index contributed by atoms with van der Waals surface area (Å²) in [6.07, 6.45) is 1.26. The summed E-state index contributed by atoms with van der Waals surface area (Å²) in [5.74, 6) is 1.17. The second kappa shape index (κ2) is 7.58. The Balaban J connectivity index is 1.38. The molecule has 114 valence electrons. The predicted molar refractivity (Wildman–Crippen MR) is 93.5 cm³/mol. The summed E-state index contributed by atoms with van der Waals surface area (Å²) in [5.41, 5.74) is 1.14. The summed E-state index contributed by atoms with van der Waals surface area (Å²) in [7, 11) is 0. The molecule has 0 N–H and O–H groups in total. The quantitative estimate of drug-likeness (QED) is 0.599. The van der Waals surface area contributed by atoms with E-state index in [0.717, 1.165) is 5.52 Å². The van der Waals surface area contributed by atoms with Gasteiger partial charge in [0.2, 0.25) is 0 Å². The van der Waals surface area contributed by atoms with Crippen LogP contribution in [-0.4, -0.2) is 59.8 Å². The van der Waals surface area contributed by atoms with Crippen LogP contribution in [0.25, 0.3) is 10.2 Å². The lowest BCUT2D eigenvalue weighted by molar-refractivity contribution is 0.138. The van der Waals surface area contributed by atoms with Crippen molar-refractivity contribution in [3.05, 3.63) is 24.3 Å². The molecule has 1 saturated heterocycles. The normalized spacial score (nSPS) is 17.6. The van der Waals surface area contributed by atoms with Crippen LogP contribution in [0.2, 0.25) is 0 Å². The number of likely N-dealkylation sites (N-methyl/N-ethyl adjacent to an activating group) is 1. The molecular weight excluding hydrogens is 298 g/mol. The van der Waals surface area contributed by atoms with Gasteiger partial charge in [-0.25, -0.2) is 4.98 Å². The summed E-state index contributed by atoms with van der Waals surface area (Å²) in [5, 5.41) is 0. The van der Waals surface area contributed by atoms with Gasteiger partial charge < -0.3 is 9.80 Å². The molecular formula is C16H23N3S2. The molecule has 1 aromatic carbocycles. The van der Waals surface area contributed by atoms with Gasteiger partial charge in [0.15, 0.2) is 4.34 Å². The van der Waals surface area contributed by atoms with E-state index in [4.69, 9.17) is 0 Å². The molecule has 0 saturated carbocycles. The highest BCUT2D eigenvalue weighted by molar-refractivity contribution is 8.01. The van der Waals surface area contributed by atoms with Crippen LogP contribution in [0.5, 0.6) is 0 Å². The molecule has 2 aromatic rings. The topological polar surface area (TPSA) is 19.4 Å². The largest absolute Gasteiger partial charge is 0.301 e. The van der Waals surface area contributed by atoms with Gasteiger partial charge in [0.1, 0.15) is 0 Å². The van der Waals surface area contributed by atoms with Gasteiger partial charge in [0, 0.05) is 31.9 Å². The molecule has 0 aliphatic carbocycles. The van der Waals surface area contributed by atoms with Gasteiger partial charge in [-0.3, -0.25) is 0 Å². The van der Waals surface area contributed by atoms with Crippen molar-refractivity contribution in [1.82, 2.24) is 14.8 Å². The van der Waals surface area contributed by atoms with E-state index in [2.05, 4.69) is 46.0 Å². The minimum atomic E-state index is 1.14. The molecule has 0 radical (unpaired) electrons. The maximum absolute atomic E-state index is 4.68. The first-order valence-corrected chi connectivity index (χ1v) is 9.58. The molecule has 5 heteroatoms. The molecule has 0 amide bonds. The van der Waals surface area contributed by atoms with Crippen LogP contribution in [0.4, 0.5) is 0 Å². The molecule has 21 heavy (non-hydrogen) atoms. The molecule has 0 spiro atoms. The lowest BCUT2D eigenvalue weighted by atomic mass is 10.3. The first-order chi connectivity index (χ1) is 10.3. The molecule has 3 rings (SSSR count). The first kappa shape index (κ1) is 15.3. The van der Waals surface area contributed by atoms with Gasteiger partial charge in [0.25, 0.3) is 0 Å². The van der Waals surface area contributed by atoms with Gasteiger partial charge in [-0.05, 0) is 31.6 Å². The Bertz CT molecular complexity index is 528. The number of benzene rings is 1. The Hall–Kier alpha value is -0.620. The Morgan fingerprint density at radius 1 is 1.14 bits per heavy atom. The fraction of sp³-hybridized carbons (Fsp3) is 0.562. The molecule has 1 fully saturated rings. The van der Waals surface area contributed by atoms with E-state index < -0.39 is 0 Å². The van der Waals surface area contributed by atoms with Crippen LogP contribution in [0.15, 0.2) is 28.6 Å². The first-order valence-electron chi connectivity index (χ1n) is 7.78. The van der Waals surface area contributed by atoms with Crippen molar-refractivity contribution in [2.75, 3.05) is 45.0 Å². The molecule has 0 atom stereocenters. The fourth-order valence-corrected chi connectivity index (χ4v) is 4.75. The second-order valence-electron chi connectivity index (χ2n) is 5.43. The number of para-hydroxylation sites is 1. The summed E-state index contributed by atoms with van der Waals surface area (Å²) in [6.45, 7) is 9.63.